The quantitative estimate of drug-likeness (QED) is 0.461. The summed E-state index contributed by atoms with van der Waals surface area (Å²) in [6, 6.07) is 9.41. The van der Waals surface area contributed by atoms with E-state index in [-0.39, 0.29) is 23.4 Å². The van der Waals surface area contributed by atoms with Crippen molar-refractivity contribution in [3.63, 3.8) is 0 Å². The fraction of sp³-hybridized carbons (Fsp3) is 0.548. The summed E-state index contributed by atoms with van der Waals surface area (Å²) in [6.07, 6.45) is 8.68. The first-order valence-electron chi connectivity index (χ1n) is 14.7. The molecule has 5 fully saturated rings. The van der Waals surface area contributed by atoms with E-state index >= 15 is 0 Å². The van der Waals surface area contributed by atoms with Gasteiger partial charge in [0.05, 0.1) is 6.04 Å². The minimum Gasteiger partial charge on any atom is -0.348 e. The van der Waals surface area contributed by atoms with E-state index in [1.165, 1.54) is 42.9 Å². The number of amides is 3. The lowest BCUT2D eigenvalue weighted by molar-refractivity contribution is -0.172. The molecule has 4 heterocycles. The van der Waals surface area contributed by atoms with Crippen LogP contribution in [-0.2, 0) is 11.3 Å². The van der Waals surface area contributed by atoms with Crippen LogP contribution in [0.4, 0.5) is 16.6 Å². The van der Waals surface area contributed by atoms with Crippen LogP contribution in [0.3, 0.4) is 0 Å². The molecule has 9 nitrogen and oxygen atoms in total. The lowest BCUT2D eigenvalue weighted by Gasteiger charge is -2.66. The summed E-state index contributed by atoms with van der Waals surface area (Å²) in [5, 5.41) is 6.30. The number of hydrogen-bond acceptors (Lipinski definition) is 6. The number of likely N-dealkylation sites (tertiary alicyclic amines) is 2. The Labute approximate surface area is 236 Å². The number of anilines is 2. The lowest BCUT2D eigenvalue weighted by Crippen LogP contribution is -2.73. The molecule has 3 amide bonds. The monoisotopic (exact) mass is 541 g/mol. The summed E-state index contributed by atoms with van der Waals surface area (Å²) >= 11 is 0. The number of benzene rings is 1. The van der Waals surface area contributed by atoms with Gasteiger partial charge >= 0.3 is 6.03 Å². The van der Waals surface area contributed by atoms with Gasteiger partial charge in [0.25, 0.3) is 0 Å². The molecule has 9 heteroatoms. The van der Waals surface area contributed by atoms with Gasteiger partial charge in [-0.2, -0.15) is 4.98 Å². The number of rotatable bonds is 9. The molecule has 40 heavy (non-hydrogen) atoms. The fourth-order valence-corrected chi connectivity index (χ4v) is 7.83. The highest BCUT2D eigenvalue weighted by atomic mass is 16.2. The Kier molecular flexibility index (Phi) is 5.93. The highest BCUT2D eigenvalue weighted by Gasteiger charge is 2.59. The van der Waals surface area contributed by atoms with Crippen molar-refractivity contribution >= 4 is 23.7 Å². The van der Waals surface area contributed by atoms with Crippen LogP contribution in [0.15, 0.2) is 43.1 Å². The van der Waals surface area contributed by atoms with Gasteiger partial charge in [0, 0.05) is 62.5 Å². The summed E-state index contributed by atoms with van der Waals surface area (Å²) in [5.41, 5.74) is 4.33. The minimum absolute atomic E-state index is 0.0197. The van der Waals surface area contributed by atoms with Crippen LogP contribution >= 0.6 is 0 Å². The zero-order chi connectivity index (χ0) is 27.6. The SMILES string of the molecule is C=CC(=O)N1CC2(C1)CN([C@H](CC13CC(C1)C3)c1ccc([C@H](C)Nc3ncc4c(n3)N(CC)C(=O)NC4)cc1)C2. The number of fused-ring (bicyclic) bond motifs is 1. The van der Waals surface area contributed by atoms with Crippen LogP contribution < -0.4 is 15.5 Å². The Morgan fingerprint density at radius 1 is 1.18 bits per heavy atom. The normalized spacial score (nSPS) is 27.2. The molecule has 2 saturated heterocycles. The highest BCUT2D eigenvalue weighted by Crippen LogP contribution is 2.68. The molecule has 2 aromatic rings. The summed E-state index contributed by atoms with van der Waals surface area (Å²) in [7, 11) is 0. The van der Waals surface area contributed by atoms with Gasteiger partial charge in [0.1, 0.15) is 5.82 Å². The molecule has 210 valence electrons. The number of carbonyl (C=O) groups excluding carboxylic acids is 2. The zero-order valence-electron chi connectivity index (χ0n) is 23.5. The molecule has 2 N–H and O–H groups in total. The minimum atomic E-state index is -0.121. The first kappa shape index (κ1) is 25.5. The number of hydrogen-bond donors (Lipinski definition) is 2. The van der Waals surface area contributed by atoms with Crippen molar-refractivity contribution in [3.8, 4) is 0 Å². The lowest BCUT2D eigenvalue weighted by atomic mass is 9.42. The van der Waals surface area contributed by atoms with Crippen LogP contribution in [-0.4, -0.2) is 64.4 Å². The van der Waals surface area contributed by atoms with Crippen LogP contribution in [0.2, 0.25) is 0 Å². The highest BCUT2D eigenvalue weighted by molar-refractivity contribution is 5.93. The summed E-state index contributed by atoms with van der Waals surface area (Å²) in [4.78, 5) is 39.6. The van der Waals surface area contributed by atoms with Gasteiger partial charge in [-0.3, -0.25) is 14.6 Å². The topological polar surface area (TPSA) is 93.7 Å². The van der Waals surface area contributed by atoms with Crippen molar-refractivity contribution in [1.82, 2.24) is 25.1 Å². The average molecular weight is 542 g/mol. The number of urea groups is 1. The van der Waals surface area contributed by atoms with E-state index < -0.39 is 0 Å². The number of aromatic nitrogens is 2. The Bertz CT molecular complexity index is 1330. The Balaban J connectivity index is 1.03. The number of nitrogens with one attached hydrogen (secondary N) is 2. The van der Waals surface area contributed by atoms with E-state index in [0.717, 1.165) is 37.7 Å². The van der Waals surface area contributed by atoms with Gasteiger partial charge in [0.2, 0.25) is 11.9 Å². The molecule has 0 radical (unpaired) electrons. The van der Waals surface area contributed by atoms with Gasteiger partial charge in [-0.1, -0.05) is 30.8 Å². The second-order valence-electron chi connectivity index (χ2n) is 13.0. The standard InChI is InChI=1S/C31H39N7O2/c1-4-26(39)37-18-31(19-37)16-36(17-31)25(13-30-10-21(11-30)12-30)23-8-6-22(7-9-23)20(3)34-28-32-14-24-15-33-29(40)38(5-2)27(24)35-28/h4,6-9,14,20-21,25H,1,5,10-13,15-19H2,2-3H3,(H,33,40)(H,32,34,35)/t20-,21?,25+,30?/m0/s1. The number of carbonyl (C=O) groups is 2. The maximum absolute atomic E-state index is 12.2. The van der Waals surface area contributed by atoms with E-state index in [1.807, 2.05) is 11.8 Å². The van der Waals surface area contributed by atoms with Crippen LogP contribution in [0.25, 0.3) is 0 Å². The van der Waals surface area contributed by atoms with Crippen molar-refractivity contribution in [2.45, 2.75) is 58.2 Å². The first-order chi connectivity index (χ1) is 19.3. The van der Waals surface area contributed by atoms with Crippen molar-refractivity contribution in [1.29, 1.82) is 0 Å². The van der Waals surface area contributed by atoms with Crippen molar-refractivity contribution in [2.24, 2.45) is 16.7 Å². The predicted octanol–water partition coefficient (Wildman–Crippen LogP) is 4.26. The molecule has 1 aromatic carbocycles. The van der Waals surface area contributed by atoms with Crippen LogP contribution in [0.5, 0.6) is 0 Å². The van der Waals surface area contributed by atoms with Gasteiger partial charge in [-0.05, 0) is 68.1 Å². The summed E-state index contributed by atoms with van der Waals surface area (Å²) < 4.78 is 0. The third-order valence-electron chi connectivity index (χ3n) is 10.1. The molecule has 6 aliphatic rings. The second-order valence-corrected chi connectivity index (χ2v) is 13.0. The molecule has 8 rings (SSSR count). The molecular weight excluding hydrogens is 502 g/mol. The first-order valence-corrected chi connectivity index (χ1v) is 14.7. The Morgan fingerprint density at radius 2 is 1.88 bits per heavy atom. The summed E-state index contributed by atoms with van der Waals surface area (Å²) in [5.74, 6) is 2.24. The second kappa shape index (κ2) is 9.29. The largest absolute Gasteiger partial charge is 0.348 e. The fourth-order valence-electron chi connectivity index (χ4n) is 7.83. The third-order valence-corrected chi connectivity index (χ3v) is 10.1. The van der Waals surface area contributed by atoms with Gasteiger partial charge < -0.3 is 15.5 Å². The molecule has 2 bridgehead atoms. The predicted molar refractivity (Wildman–Crippen MR) is 154 cm³/mol. The smallest absolute Gasteiger partial charge is 0.323 e. The summed E-state index contributed by atoms with van der Waals surface area (Å²) in [6.45, 7) is 12.6. The van der Waals surface area contributed by atoms with E-state index in [9.17, 15) is 9.59 Å². The van der Waals surface area contributed by atoms with E-state index in [1.54, 1.807) is 11.1 Å². The Hall–Kier alpha value is -3.46. The number of nitrogens with zero attached hydrogens (tertiary/aromatic N) is 5. The maximum atomic E-state index is 12.2. The van der Waals surface area contributed by atoms with E-state index in [2.05, 4.69) is 63.3 Å². The van der Waals surface area contributed by atoms with E-state index in [4.69, 9.17) is 0 Å². The maximum Gasteiger partial charge on any atom is 0.323 e. The van der Waals surface area contributed by atoms with Crippen LogP contribution in [0, 0.1) is 16.7 Å². The molecular formula is C31H39N7O2. The molecule has 2 atom stereocenters. The molecule has 1 spiro atoms. The molecule has 3 saturated carbocycles. The van der Waals surface area contributed by atoms with Crippen LogP contribution in [0.1, 0.15) is 68.3 Å². The molecule has 3 aliphatic carbocycles. The molecule has 1 aromatic heterocycles. The van der Waals surface area contributed by atoms with Gasteiger partial charge in [-0.15, -0.1) is 0 Å². The van der Waals surface area contributed by atoms with Crippen molar-refractivity contribution in [2.75, 3.05) is 42.9 Å². The van der Waals surface area contributed by atoms with Crippen molar-refractivity contribution < 1.29 is 9.59 Å². The molecule has 3 aliphatic heterocycles. The Morgan fingerprint density at radius 3 is 2.50 bits per heavy atom. The van der Waals surface area contributed by atoms with Crippen molar-refractivity contribution in [3.05, 3.63) is 59.8 Å². The third kappa shape index (κ3) is 4.17. The van der Waals surface area contributed by atoms with Gasteiger partial charge in [0.15, 0.2) is 0 Å². The van der Waals surface area contributed by atoms with Gasteiger partial charge in [-0.25, -0.2) is 9.78 Å². The van der Waals surface area contributed by atoms with E-state index in [0.29, 0.717) is 36.3 Å². The molecule has 0 unspecified atom stereocenters. The average Bonchev–Trinajstić information content (AvgIpc) is 2.86. The zero-order valence-corrected chi connectivity index (χ0v) is 23.5.